The fourth-order valence-electron chi connectivity index (χ4n) is 2.97. The molecule has 1 fully saturated rings. The summed E-state index contributed by atoms with van der Waals surface area (Å²) in [6.07, 6.45) is 1.48. The van der Waals surface area contributed by atoms with E-state index in [-0.39, 0.29) is 19.4 Å². The van der Waals surface area contributed by atoms with Crippen molar-refractivity contribution in [3.05, 3.63) is 21.9 Å². The SMILES string of the molecule is O=C(NCCN1CCc2sccc2C1)C(F)(F)C1(O)CCC1. The Labute approximate surface area is 132 Å². The Morgan fingerprint density at radius 2 is 2.27 bits per heavy atom. The molecule has 0 saturated heterocycles. The fraction of sp³-hybridized carbons (Fsp3) is 0.667. The van der Waals surface area contributed by atoms with E-state index in [1.54, 1.807) is 11.3 Å². The van der Waals surface area contributed by atoms with Gasteiger partial charge in [-0.3, -0.25) is 9.69 Å². The Hall–Kier alpha value is -1.05. The highest BCUT2D eigenvalue weighted by Crippen LogP contribution is 2.44. The number of carbonyl (C=O) groups excluding carboxylic acids is 1. The molecule has 1 aromatic heterocycles. The van der Waals surface area contributed by atoms with Gasteiger partial charge < -0.3 is 10.4 Å². The summed E-state index contributed by atoms with van der Waals surface area (Å²) in [6.45, 7) is 2.39. The van der Waals surface area contributed by atoms with E-state index in [2.05, 4.69) is 21.7 Å². The Morgan fingerprint density at radius 3 is 2.95 bits per heavy atom. The highest BCUT2D eigenvalue weighted by molar-refractivity contribution is 7.10. The molecule has 4 nitrogen and oxygen atoms in total. The number of nitrogens with zero attached hydrogens (tertiary/aromatic N) is 1. The zero-order valence-corrected chi connectivity index (χ0v) is 13.1. The van der Waals surface area contributed by atoms with Crippen LogP contribution in [0.5, 0.6) is 0 Å². The van der Waals surface area contributed by atoms with E-state index >= 15 is 0 Å². The summed E-state index contributed by atoms with van der Waals surface area (Å²) < 4.78 is 27.8. The number of hydrogen-bond acceptors (Lipinski definition) is 4. The second-order valence-corrected chi connectivity index (χ2v) is 7.11. The molecule has 0 radical (unpaired) electrons. The van der Waals surface area contributed by atoms with Crippen molar-refractivity contribution in [2.24, 2.45) is 0 Å². The Bertz CT molecular complexity index is 557. The average molecular weight is 330 g/mol. The molecule has 2 aliphatic rings. The van der Waals surface area contributed by atoms with E-state index in [4.69, 9.17) is 0 Å². The molecule has 7 heteroatoms. The predicted octanol–water partition coefficient (Wildman–Crippen LogP) is 1.77. The van der Waals surface area contributed by atoms with Crippen molar-refractivity contribution < 1.29 is 18.7 Å². The van der Waals surface area contributed by atoms with E-state index in [1.165, 1.54) is 10.4 Å². The van der Waals surface area contributed by atoms with Crippen LogP contribution in [0, 0.1) is 0 Å². The quantitative estimate of drug-likeness (QED) is 0.865. The normalized spacial score (nSPS) is 21.0. The van der Waals surface area contributed by atoms with Crippen LogP contribution in [0.25, 0.3) is 0 Å². The van der Waals surface area contributed by atoms with Gasteiger partial charge in [-0.05, 0) is 42.7 Å². The second-order valence-electron chi connectivity index (χ2n) is 6.11. The van der Waals surface area contributed by atoms with Crippen molar-refractivity contribution in [2.45, 2.75) is 43.8 Å². The smallest absolute Gasteiger partial charge is 0.352 e. The molecule has 3 rings (SSSR count). The number of hydrogen-bond donors (Lipinski definition) is 2. The standard InChI is InChI=1S/C15H20F2N2O2S/c16-15(17,14(21)4-1-5-14)13(20)18-6-8-19-7-2-12-11(10-19)3-9-22-12/h3,9,21H,1-2,4-8,10H2,(H,18,20). The molecule has 1 amide bonds. The summed E-state index contributed by atoms with van der Waals surface area (Å²) in [5.41, 5.74) is -0.856. The lowest BCUT2D eigenvalue weighted by Crippen LogP contribution is -2.61. The summed E-state index contributed by atoms with van der Waals surface area (Å²) in [7, 11) is 0. The van der Waals surface area contributed by atoms with Gasteiger partial charge in [-0.1, -0.05) is 0 Å². The maximum atomic E-state index is 13.9. The van der Waals surface area contributed by atoms with Crippen LogP contribution >= 0.6 is 11.3 Å². The van der Waals surface area contributed by atoms with E-state index < -0.39 is 17.4 Å². The highest BCUT2D eigenvalue weighted by Gasteiger charge is 2.61. The Morgan fingerprint density at radius 1 is 1.50 bits per heavy atom. The molecule has 0 atom stereocenters. The number of fused-ring (bicyclic) bond motifs is 1. The molecule has 2 heterocycles. The third-order valence-electron chi connectivity index (χ3n) is 4.65. The monoisotopic (exact) mass is 330 g/mol. The maximum Gasteiger partial charge on any atom is 0.352 e. The van der Waals surface area contributed by atoms with Crippen molar-refractivity contribution in [3.63, 3.8) is 0 Å². The zero-order valence-electron chi connectivity index (χ0n) is 12.3. The summed E-state index contributed by atoms with van der Waals surface area (Å²) in [5.74, 6) is -5.06. The van der Waals surface area contributed by atoms with Crippen LogP contribution in [-0.2, 0) is 17.8 Å². The number of nitrogens with one attached hydrogen (secondary N) is 1. The minimum Gasteiger partial charge on any atom is -0.383 e. The number of aliphatic hydroxyl groups is 1. The first-order valence-corrected chi connectivity index (χ1v) is 8.46. The molecule has 0 unspecified atom stereocenters. The number of carbonyl (C=O) groups is 1. The van der Waals surface area contributed by atoms with Crippen LogP contribution in [0.15, 0.2) is 11.4 Å². The van der Waals surface area contributed by atoms with Crippen LogP contribution in [0.1, 0.15) is 29.7 Å². The lowest BCUT2D eigenvalue weighted by molar-refractivity contribution is -0.215. The first kappa shape index (κ1) is 15.8. The van der Waals surface area contributed by atoms with Crippen molar-refractivity contribution in [2.75, 3.05) is 19.6 Å². The number of amides is 1. The van der Waals surface area contributed by atoms with Crippen molar-refractivity contribution >= 4 is 17.2 Å². The Kier molecular flexibility index (Phi) is 4.22. The van der Waals surface area contributed by atoms with E-state index in [9.17, 15) is 18.7 Å². The van der Waals surface area contributed by atoms with Gasteiger partial charge in [0.15, 0.2) is 0 Å². The first-order chi connectivity index (χ1) is 10.4. The van der Waals surface area contributed by atoms with Gasteiger partial charge in [0.05, 0.1) is 0 Å². The van der Waals surface area contributed by atoms with Crippen molar-refractivity contribution in [1.82, 2.24) is 10.2 Å². The third-order valence-corrected chi connectivity index (χ3v) is 5.67. The molecular weight excluding hydrogens is 310 g/mol. The molecule has 0 bridgehead atoms. The topological polar surface area (TPSA) is 52.6 Å². The minimum absolute atomic E-state index is 0.0134. The molecule has 1 aliphatic heterocycles. The van der Waals surface area contributed by atoms with Gasteiger partial charge >= 0.3 is 5.92 Å². The fourth-order valence-corrected chi connectivity index (χ4v) is 3.86. The molecule has 1 aromatic rings. The van der Waals surface area contributed by atoms with Crippen molar-refractivity contribution in [3.8, 4) is 0 Å². The number of thiophene rings is 1. The van der Waals surface area contributed by atoms with Crippen LogP contribution in [0.3, 0.4) is 0 Å². The maximum absolute atomic E-state index is 13.9. The number of alkyl halides is 2. The average Bonchev–Trinajstić information content (AvgIpc) is 2.91. The molecule has 1 saturated carbocycles. The molecule has 1 aliphatic carbocycles. The van der Waals surface area contributed by atoms with Gasteiger partial charge in [-0.25, -0.2) is 0 Å². The second kappa shape index (κ2) is 5.86. The minimum atomic E-state index is -3.70. The van der Waals surface area contributed by atoms with E-state index in [1.807, 2.05) is 0 Å². The largest absolute Gasteiger partial charge is 0.383 e. The van der Waals surface area contributed by atoms with Crippen LogP contribution in [-0.4, -0.2) is 47.1 Å². The van der Waals surface area contributed by atoms with Crippen LogP contribution in [0.2, 0.25) is 0 Å². The highest BCUT2D eigenvalue weighted by atomic mass is 32.1. The van der Waals surface area contributed by atoms with Crippen LogP contribution < -0.4 is 5.32 Å². The Balaban J connectivity index is 1.46. The van der Waals surface area contributed by atoms with Crippen LogP contribution in [0.4, 0.5) is 8.78 Å². The number of halogens is 2. The van der Waals surface area contributed by atoms with Gasteiger partial charge in [-0.2, -0.15) is 8.78 Å². The summed E-state index contributed by atoms with van der Waals surface area (Å²) >= 11 is 1.75. The van der Waals surface area contributed by atoms with E-state index in [0.29, 0.717) is 13.0 Å². The molecule has 2 N–H and O–H groups in total. The zero-order chi connectivity index (χ0) is 15.8. The van der Waals surface area contributed by atoms with Gasteiger partial charge in [0, 0.05) is 31.1 Å². The molecule has 122 valence electrons. The third kappa shape index (κ3) is 2.77. The van der Waals surface area contributed by atoms with Gasteiger partial charge in [0.1, 0.15) is 5.60 Å². The first-order valence-electron chi connectivity index (χ1n) is 7.58. The summed E-state index contributed by atoms with van der Waals surface area (Å²) in [5, 5.41) is 14.1. The summed E-state index contributed by atoms with van der Waals surface area (Å²) in [6, 6.07) is 2.09. The van der Waals surface area contributed by atoms with Gasteiger partial charge in [0.25, 0.3) is 5.91 Å². The predicted molar refractivity (Wildman–Crippen MR) is 80.1 cm³/mol. The molecule has 0 spiro atoms. The molecule has 0 aromatic carbocycles. The molecular formula is C15H20F2N2O2S. The lowest BCUT2D eigenvalue weighted by Gasteiger charge is -2.41. The number of rotatable bonds is 5. The van der Waals surface area contributed by atoms with Gasteiger partial charge in [0.2, 0.25) is 0 Å². The van der Waals surface area contributed by atoms with Crippen molar-refractivity contribution in [1.29, 1.82) is 0 Å². The lowest BCUT2D eigenvalue weighted by atomic mass is 9.75. The van der Waals surface area contributed by atoms with E-state index in [0.717, 1.165) is 19.5 Å². The van der Waals surface area contributed by atoms with Gasteiger partial charge in [-0.15, -0.1) is 11.3 Å². The summed E-state index contributed by atoms with van der Waals surface area (Å²) in [4.78, 5) is 15.2. The molecule has 22 heavy (non-hydrogen) atoms.